The molecule has 0 fully saturated rings. The molecule has 174 valence electrons. The summed E-state index contributed by atoms with van der Waals surface area (Å²) in [5.74, 6) is -2.22. The van der Waals surface area contributed by atoms with E-state index in [0.717, 1.165) is 6.26 Å². The molecule has 1 atom stereocenters. The number of carboxylic acid groups (broad SMARTS) is 1. The average molecular weight is 483 g/mol. The second kappa shape index (κ2) is 8.98. The molecule has 4 rings (SSSR count). The molecule has 0 saturated carbocycles. The van der Waals surface area contributed by atoms with Gasteiger partial charge in [0.15, 0.2) is 14.9 Å². The Morgan fingerprint density at radius 1 is 1.15 bits per heavy atom. The van der Waals surface area contributed by atoms with Crippen LogP contribution < -0.4 is 5.32 Å². The van der Waals surface area contributed by atoms with E-state index in [1.165, 1.54) is 65.9 Å². The number of halogens is 1. The van der Waals surface area contributed by atoms with E-state index in [4.69, 9.17) is 0 Å². The minimum atomic E-state index is -3.64. The summed E-state index contributed by atoms with van der Waals surface area (Å²) in [4.78, 5) is 32.5. The van der Waals surface area contributed by atoms with Crippen molar-refractivity contribution in [1.82, 2.24) is 25.1 Å². The quantitative estimate of drug-likeness (QED) is 0.407. The molecule has 0 aliphatic carbocycles. The van der Waals surface area contributed by atoms with Gasteiger partial charge in [-0.2, -0.15) is 5.10 Å². The first kappa shape index (κ1) is 23.0. The van der Waals surface area contributed by atoms with E-state index in [2.05, 4.69) is 20.4 Å². The van der Waals surface area contributed by atoms with Gasteiger partial charge in [-0.25, -0.2) is 22.5 Å². The minimum absolute atomic E-state index is 0.138. The molecule has 10 nitrogen and oxygen atoms in total. The third kappa shape index (κ3) is 4.76. The molecule has 0 saturated heterocycles. The number of nitrogens with one attached hydrogen (secondary N) is 1. The summed E-state index contributed by atoms with van der Waals surface area (Å²) in [5, 5.41) is 16.5. The first-order chi connectivity index (χ1) is 16.1. The Morgan fingerprint density at radius 3 is 2.56 bits per heavy atom. The van der Waals surface area contributed by atoms with Crippen LogP contribution in [0.2, 0.25) is 0 Å². The molecule has 3 heterocycles. The third-order valence-electron chi connectivity index (χ3n) is 5.04. The predicted molar refractivity (Wildman–Crippen MR) is 119 cm³/mol. The molecule has 34 heavy (non-hydrogen) atoms. The molecule has 1 aromatic carbocycles. The lowest BCUT2D eigenvalue weighted by Crippen LogP contribution is -2.30. The van der Waals surface area contributed by atoms with Gasteiger partial charge < -0.3 is 10.4 Å². The van der Waals surface area contributed by atoms with Gasteiger partial charge >= 0.3 is 5.97 Å². The van der Waals surface area contributed by atoms with Crippen molar-refractivity contribution in [1.29, 1.82) is 0 Å². The zero-order valence-corrected chi connectivity index (χ0v) is 18.5. The number of fused-ring (bicyclic) bond motifs is 1. The van der Waals surface area contributed by atoms with Crippen molar-refractivity contribution in [2.75, 3.05) is 6.26 Å². The Kier molecular flexibility index (Phi) is 6.07. The van der Waals surface area contributed by atoms with Crippen molar-refractivity contribution in [3.63, 3.8) is 0 Å². The third-order valence-corrected chi connectivity index (χ3v) is 6.02. The van der Waals surface area contributed by atoms with Crippen LogP contribution in [-0.2, 0) is 14.6 Å². The first-order valence-electron chi connectivity index (χ1n) is 9.90. The van der Waals surface area contributed by atoms with E-state index >= 15 is 0 Å². The van der Waals surface area contributed by atoms with Crippen LogP contribution in [0.1, 0.15) is 28.4 Å². The van der Waals surface area contributed by atoms with Gasteiger partial charge in [-0.15, -0.1) is 0 Å². The van der Waals surface area contributed by atoms with E-state index in [0.29, 0.717) is 16.6 Å². The van der Waals surface area contributed by atoms with Crippen molar-refractivity contribution >= 4 is 32.6 Å². The van der Waals surface area contributed by atoms with E-state index in [-0.39, 0.29) is 16.2 Å². The van der Waals surface area contributed by atoms with Crippen LogP contribution in [-0.4, -0.2) is 51.4 Å². The monoisotopic (exact) mass is 483 g/mol. The number of hydrogen-bond donors (Lipinski definition) is 2. The maximum atomic E-state index is 13.3. The number of aliphatic carboxylic acids is 1. The number of carbonyl (C=O) groups is 2. The number of carboxylic acids is 1. The molecule has 0 aliphatic heterocycles. The van der Waals surface area contributed by atoms with Crippen LogP contribution in [0.5, 0.6) is 0 Å². The van der Waals surface area contributed by atoms with Crippen molar-refractivity contribution < 1.29 is 27.5 Å². The molecule has 2 N–H and O–H groups in total. The zero-order chi connectivity index (χ0) is 24.5. The van der Waals surface area contributed by atoms with Gasteiger partial charge in [0.05, 0.1) is 41.6 Å². The number of pyridine rings is 2. The van der Waals surface area contributed by atoms with Gasteiger partial charge in [-0.3, -0.25) is 14.6 Å². The van der Waals surface area contributed by atoms with Gasteiger partial charge in [-0.1, -0.05) is 0 Å². The molecular weight excluding hydrogens is 465 g/mol. The normalized spacial score (nSPS) is 12.4. The molecule has 0 bridgehead atoms. The molecule has 0 aliphatic rings. The fourth-order valence-corrected chi connectivity index (χ4v) is 4.02. The highest BCUT2D eigenvalue weighted by Crippen LogP contribution is 2.24. The van der Waals surface area contributed by atoms with Gasteiger partial charge in [0.25, 0.3) is 5.91 Å². The van der Waals surface area contributed by atoms with Gasteiger partial charge in [0, 0.05) is 24.0 Å². The van der Waals surface area contributed by atoms with Crippen LogP contribution in [0.25, 0.3) is 16.6 Å². The second-order valence-electron chi connectivity index (χ2n) is 7.48. The van der Waals surface area contributed by atoms with Crippen LogP contribution in [0, 0.1) is 5.82 Å². The Morgan fingerprint density at radius 2 is 1.88 bits per heavy atom. The maximum Gasteiger partial charge on any atom is 0.305 e. The molecule has 0 unspecified atom stereocenters. The topological polar surface area (TPSA) is 144 Å². The van der Waals surface area contributed by atoms with Crippen LogP contribution >= 0.6 is 0 Å². The lowest BCUT2D eigenvalue weighted by molar-refractivity contribution is -0.137. The molecule has 0 spiro atoms. The SMILES string of the molecule is CS(=O)(=O)c1cc([C@H](CC(=O)O)NC(=O)c2cncc3c2cnn3-c2ccc(F)cc2)ccn1. The molecule has 4 aromatic rings. The number of amides is 1. The molecule has 12 heteroatoms. The fraction of sp³-hybridized carbons (Fsp3) is 0.136. The number of benzene rings is 1. The maximum absolute atomic E-state index is 13.3. The number of carbonyl (C=O) groups excluding carboxylic acids is 1. The Balaban J connectivity index is 1.69. The van der Waals surface area contributed by atoms with Crippen LogP contribution in [0.3, 0.4) is 0 Å². The standard InChI is InChI=1S/C22H18FN5O5S/c1-34(32,33)20-8-13(6-7-25-20)18(9-21(29)30)27-22(31)17-10-24-12-19-16(17)11-26-28(19)15-4-2-14(23)3-5-15/h2-8,10-12,18H,9H2,1H3,(H,27,31)(H,29,30)/t18-/m0/s1. The fourth-order valence-electron chi connectivity index (χ4n) is 3.42. The summed E-state index contributed by atoms with van der Waals surface area (Å²) in [7, 11) is -3.64. The number of sulfone groups is 1. The highest BCUT2D eigenvalue weighted by atomic mass is 32.2. The summed E-state index contributed by atoms with van der Waals surface area (Å²) in [6.45, 7) is 0. The number of rotatable bonds is 7. The summed E-state index contributed by atoms with van der Waals surface area (Å²) in [6, 6.07) is 7.25. The van der Waals surface area contributed by atoms with Gasteiger partial charge in [-0.05, 0) is 42.0 Å². The average Bonchev–Trinajstić information content (AvgIpc) is 3.22. The highest BCUT2D eigenvalue weighted by Gasteiger charge is 2.23. The smallest absolute Gasteiger partial charge is 0.305 e. The highest BCUT2D eigenvalue weighted by molar-refractivity contribution is 7.90. The predicted octanol–water partition coefficient (Wildman–Crippen LogP) is 2.30. The van der Waals surface area contributed by atoms with Crippen molar-refractivity contribution in [3.05, 3.63) is 78.1 Å². The Bertz CT molecular complexity index is 1500. The van der Waals surface area contributed by atoms with Gasteiger partial charge in [0.2, 0.25) is 0 Å². The molecule has 0 radical (unpaired) electrons. The molecule has 1 amide bonds. The van der Waals surface area contributed by atoms with E-state index < -0.39 is 40.0 Å². The number of nitrogens with zero attached hydrogens (tertiary/aromatic N) is 4. The minimum Gasteiger partial charge on any atom is -0.481 e. The largest absolute Gasteiger partial charge is 0.481 e. The summed E-state index contributed by atoms with van der Waals surface area (Å²) in [5.41, 5.74) is 1.45. The van der Waals surface area contributed by atoms with E-state index in [1.54, 1.807) is 0 Å². The van der Waals surface area contributed by atoms with E-state index in [1.807, 2.05) is 0 Å². The zero-order valence-electron chi connectivity index (χ0n) is 17.7. The first-order valence-corrected chi connectivity index (χ1v) is 11.8. The lowest BCUT2D eigenvalue weighted by atomic mass is 10.0. The summed E-state index contributed by atoms with van der Waals surface area (Å²) in [6.07, 6.45) is 6.00. The van der Waals surface area contributed by atoms with Crippen LogP contribution in [0.15, 0.2) is 66.2 Å². The van der Waals surface area contributed by atoms with Crippen LogP contribution in [0.4, 0.5) is 4.39 Å². The summed E-state index contributed by atoms with van der Waals surface area (Å²) < 4.78 is 38.5. The van der Waals surface area contributed by atoms with Gasteiger partial charge in [0.1, 0.15) is 5.82 Å². The number of aromatic nitrogens is 4. The van der Waals surface area contributed by atoms with E-state index in [9.17, 15) is 27.5 Å². The Hall–Kier alpha value is -4.19. The lowest BCUT2D eigenvalue weighted by Gasteiger charge is -2.18. The second-order valence-corrected chi connectivity index (χ2v) is 9.44. The van der Waals surface area contributed by atoms with Crippen molar-refractivity contribution in [2.45, 2.75) is 17.5 Å². The van der Waals surface area contributed by atoms with Crippen molar-refractivity contribution in [2.24, 2.45) is 0 Å². The number of hydrogen-bond acceptors (Lipinski definition) is 7. The molecule has 3 aromatic heterocycles. The Labute approximate surface area is 193 Å². The summed E-state index contributed by atoms with van der Waals surface area (Å²) >= 11 is 0. The molecular formula is C22H18FN5O5S. The van der Waals surface area contributed by atoms with Crippen molar-refractivity contribution in [3.8, 4) is 5.69 Å².